The van der Waals surface area contributed by atoms with Gasteiger partial charge in [-0.05, 0) is 30.3 Å². The number of hydrogen-bond donors (Lipinski definition) is 1. The Morgan fingerprint density at radius 1 is 1.44 bits per heavy atom. The van der Waals surface area contributed by atoms with Gasteiger partial charge < -0.3 is 10.1 Å². The molecule has 0 bridgehead atoms. The second-order valence-corrected chi connectivity index (χ2v) is 4.24. The summed E-state index contributed by atoms with van der Waals surface area (Å²) in [7, 11) is 0. The van der Waals surface area contributed by atoms with Crippen molar-refractivity contribution in [1.29, 1.82) is 0 Å². The zero-order valence-electron chi connectivity index (χ0n) is 9.22. The normalized spacial score (nSPS) is 10.2. The standard InChI is InChI=1S/C12H15Cl2NO/c1-3-15-7-9(2)8-16-12-5-4-10(13)6-11(12)14/h4-6,15H,2-3,7-8H2,1H3. The molecule has 1 N–H and O–H groups in total. The molecule has 16 heavy (non-hydrogen) atoms. The van der Waals surface area contributed by atoms with Crippen LogP contribution in [0.5, 0.6) is 5.75 Å². The molecule has 1 rings (SSSR count). The van der Waals surface area contributed by atoms with E-state index in [1.165, 1.54) is 0 Å². The van der Waals surface area contributed by atoms with Gasteiger partial charge in [-0.3, -0.25) is 0 Å². The van der Waals surface area contributed by atoms with Crippen LogP contribution in [0.3, 0.4) is 0 Å². The van der Waals surface area contributed by atoms with E-state index in [9.17, 15) is 0 Å². The number of benzene rings is 1. The van der Waals surface area contributed by atoms with Crippen LogP contribution in [0.1, 0.15) is 6.92 Å². The SMILES string of the molecule is C=C(CNCC)COc1ccc(Cl)cc1Cl. The van der Waals surface area contributed by atoms with Crippen molar-refractivity contribution in [2.24, 2.45) is 0 Å². The van der Waals surface area contributed by atoms with E-state index in [-0.39, 0.29) is 0 Å². The van der Waals surface area contributed by atoms with Crippen LogP contribution in [0.4, 0.5) is 0 Å². The first-order valence-electron chi connectivity index (χ1n) is 5.08. The first kappa shape index (κ1) is 13.4. The van der Waals surface area contributed by atoms with Crippen molar-refractivity contribution < 1.29 is 4.74 Å². The van der Waals surface area contributed by atoms with Gasteiger partial charge in [-0.15, -0.1) is 0 Å². The van der Waals surface area contributed by atoms with Crippen LogP contribution in [-0.2, 0) is 0 Å². The van der Waals surface area contributed by atoms with Gasteiger partial charge in [0.2, 0.25) is 0 Å². The number of hydrogen-bond acceptors (Lipinski definition) is 2. The Morgan fingerprint density at radius 2 is 2.19 bits per heavy atom. The van der Waals surface area contributed by atoms with Crippen molar-refractivity contribution in [3.8, 4) is 5.75 Å². The molecule has 0 aliphatic carbocycles. The summed E-state index contributed by atoms with van der Waals surface area (Å²) >= 11 is 11.7. The van der Waals surface area contributed by atoms with Crippen molar-refractivity contribution in [3.05, 3.63) is 40.4 Å². The quantitative estimate of drug-likeness (QED) is 0.790. The van der Waals surface area contributed by atoms with Gasteiger partial charge in [0.1, 0.15) is 12.4 Å². The fourth-order valence-corrected chi connectivity index (χ4v) is 1.59. The van der Waals surface area contributed by atoms with Crippen LogP contribution in [0.15, 0.2) is 30.4 Å². The highest BCUT2D eigenvalue weighted by molar-refractivity contribution is 6.35. The second-order valence-electron chi connectivity index (χ2n) is 3.39. The molecule has 0 aliphatic rings. The third-order valence-electron chi connectivity index (χ3n) is 1.95. The van der Waals surface area contributed by atoms with Crippen molar-refractivity contribution in [2.45, 2.75) is 6.92 Å². The largest absolute Gasteiger partial charge is 0.488 e. The van der Waals surface area contributed by atoms with Crippen molar-refractivity contribution in [3.63, 3.8) is 0 Å². The molecule has 4 heteroatoms. The molecule has 0 aromatic heterocycles. The maximum absolute atomic E-state index is 5.96. The van der Waals surface area contributed by atoms with Crippen LogP contribution < -0.4 is 10.1 Å². The first-order valence-corrected chi connectivity index (χ1v) is 5.84. The highest BCUT2D eigenvalue weighted by atomic mass is 35.5. The summed E-state index contributed by atoms with van der Waals surface area (Å²) in [5, 5.41) is 4.29. The number of nitrogens with one attached hydrogen (secondary N) is 1. The number of rotatable bonds is 6. The Labute approximate surface area is 106 Å². The van der Waals surface area contributed by atoms with Crippen LogP contribution in [-0.4, -0.2) is 19.7 Å². The Balaban J connectivity index is 2.45. The van der Waals surface area contributed by atoms with Gasteiger partial charge in [-0.1, -0.05) is 36.7 Å². The van der Waals surface area contributed by atoms with Gasteiger partial charge in [0.25, 0.3) is 0 Å². The van der Waals surface area contributed by atoms with E-state index in [1.54, 1.807) is 18.2 Å². The van der Waals surface area contributed by atoms with Gasteiger partial charge >= 0.3 is 0 Å². The first-order chi connectivity index (χ1) is 7.63. The third-order valence-corrected chi connectivity index (χ3v) is 2.48. The molecule has 0 saturated heterocycles. The molecular weight excluding hydrogens is 245 g/mol. The lowest BCUT2D eigenvalue weighted by Crippen LogP contribution is -2.18. The van der Waals surface area contributed by atoms with E-state index in [2.05, 4.69) is 11.9 Å². The highest BCUT2D eigenvalue weighted by Gasteiger charge is 2.02. The number of halogens is 2. The molecule has 0 atom stereocenters. The van der Waals surface area contributed by atoms with Crippen LogP contribution in [0.25, 0.3) is 0 Å². The lowest BCUT2D eigenvalue weighted by atomic mass is 10.3. The molecule has 0 fully saturated rings. The molecule has 0 aliphatic heterocycles. The fourth-order valence-electron chi connectivity index (χ4n) is 1.12. The van der Waals surface area contributed by atoms with Crippen molar-refractivity contribution in [2.75, 3.05) is 19.7 Å². The van der Waals surface area contributed by atoms with E-state index in [1.807, 2.05) is 6.92 Å². The molecule has 0 spiro atoms. The summed E-state index contributed by atoms with van der Waals surface area (Å²) in [4.78, 5) is 0. The average molecular weight is 260 g/mol. The summed E-state index contributed by atoms with van der Waals surface area (Å²) in [5.41, 5.74) is 0.980. The highest BCUT2D eigenvalue weighted by Crippen LogP contribution is 2.27. The van der Waals surface area contributed by atoms with E-state index in [0.29, 0.717) is 22.4 Å². The molecule has 2 nitrogen and oxygen atoms in total. The average Bonchev–Trinajstić information content (AvgIpc) is 2.25. The molecule has 0 unspecified atom stereocenters. The third kappa shape index (κ3) is 4.44. The molecule has 0 heterocycles. The number of ether oxygens (including phenoxy) is 1. The summed E-state index contributed by atoms with van der Waals surface area (Å²) in [6.45, 7) is 8.07. The summed E-state index contributed by atoms with van der Waals surface area (Å²) in [5.74, 6) is 0.628. The monoisotopic (exact) mass is 259 g/mol. The molecule has 88 valence electrons. The van der Waals surface area contributed by atoms with E-state index < -0.39 is 0 Å². The zero-order chi connectivity index (χ0) is 12.0. The smallest absolute Gasteiger partial charge is 0.138 e. The minimum atomic E-state index is 0.453. The van der Waals surface area contributed by atoms with Crippen LogP contribution in [0, 0.1) is 0 Å². The molecular formula is C12H15Cl2NO. The van der Waals surface area contributed by atoms with Gasteiger partial charge in [0.15, 0.2) is 0 Å². The summed E-state index contributed by atoms with van der Waals surface area (Å²) < 4.78 is 5.52. The Morgan fingerprint density at radius 3 is 2.81 bits per heavy atom. The van der Waals surface area contributed by atoms with Gasteiger partial charge in [0.05, 0.1) is 5.02 Å². The lowest BCUT2D eigenvalue weighted by molar-refractivity contribution is 0.349. The molecule has 0 saturated carbocycles. The zero-order valence-corrected chi connectivity index (χ0v) is 10.7. The molecule has 1 aromatic carbocycles. The molecule has 1 aromatic rings. The van der Waals surface area contributed by atoms with E-state index in [4.69, 9.17) is 27.9 Å². The molecule has 0 amide bonds. The van der Waals surface area contributed by atoms with E-state index >= 15 is 0 Å². The van der Waals surface area contributed by atoms with Gasteiger partial charge in [-0.25, -0.2) is 0 Å². The maximum atomic E-state index is 5.96. The van der Waals surface area contributed by atoms with Crippen LogP contribution in [0.2, 0.25) is 10.0 Å². The minimum Gasteiger partial charge on any atom is -0.488 e. The van der Waals surface area contributed by atoms with E-state index in [0.717, 1.165) is 18.7 Å². The minimum absolute atomic E-state index is 0.453. The van der Waals surface area contributed by atoms with Crippen LogP contribution >= 0.6 is 23.2 Å². The topological polar surface area (TPSA) is 21.3 Å². The Kier molecular flexibility index (Phi) is 5.67. The van der Waals surface area contributed by atoms with Gasteiger partial charge in [-0.2, -0.15) is 0 Å². The number of likely N-dealkylation sites (N-methyl/N-ethyl adjacent to an activating group) is 1. The predicted octanol–water partition coefficient (Wildman–Crippen LogP) is 3.54. The summed E-state index contributed by atoms with van der Waals surface area (Å²) in [6.07, 6.45) is 0. The summed E-state index contributed by atoms with van der Waals surface area (Å²) in [6, 6.07) is 5.16. The maximum Gasteiger partial charge on any atom is 0.138 e. The predicted molar refractivity (Wildman–Crippen MR) is 69.6 cm³/mol. The van der Waals surface area contributed by atoms with Crippen molar-refractivity contribution in [1.82, 2.24) is 5.32 Å². The second kappa shape index (κ2) is 6.79. The van der Waals surface area contributed by atoms with Crippen molar-refractivity contribution >= 4 is 23.2 Å². The van der Waals surface area contributed by atoms with Gasteiger partial charge in [0, 0.05) is 11.6 Å². The Hall–Kier alpha value is -0.700. The Bertz CT molecular complexity index is 366. The fraction of sp³-hybridized carbons (Fsp3) is 0.333. The lowest BCUT2D eigenvalue weighted by Gasteiger charge is -2.10. The molecule has 0 radical (unpaired) electrons.